The topological polar surface area (TPSA) is 58.6 Å². The lowest BCUT2D eigenvalue weighted by Crippen LogP contribution is -2.32. The smallest absolute Gasteiger partial charge is 0.282 e. The summed E-state index contributed by atoms with van der Waals surface area (Å²) in [6.45, 7) is 0. The number of carbonyl (C=O) groups excluding carboxylic acids is 2. The van der Waals surface area contributed by atoms with Crippen LogP contribution in [0.15, 0.2) is 78.5 Å². The monoisotopic (exact) mass is 438 g/mol. The first-order chi connectivity index (χ1) is 14.5. The maximum atomic E-state index is 13.3. The summed E-state index contributed by atoms with van der Waals surface area (Å²) in [6, 6.07) is 20.6. The molecule has 150 valence electrons. The quantitative estimate of drug-likeness (QED) is 0.541. The molecular weight excluding hydrogens is 423 g/mol. The van der Waals surface area contributed by atoms with Gasteiger partial charge >= 0.3 is 0 Å². The van der Waals surface area contributed by atoms with Crippen molar-refractivity contribution in [1.29, 1.82) is 0 Å². The largest absolute Gasteiger partial charge is 0.495 e. The van der Waals surface area contributed by atoms with Crippen molar-refractivity contribution in [2.75, 3.05) is 17.3 Å². The Hall–Kier alpha value is -3.28. The summed E-state index contributed by atoms with van der Waals surface area (Å²) in [5.41, 5.74) is 2.04. The molecule has 3 aromatic rings. The van der Waals surface area contributed by atoms with Gasteiger partial charge in [0.2, 0.25) is 0 Å². The predicted octanol–water partition coefficient (Wildman–Crippen LogP) is 5.40. The zero-order chi connectivity index (χ0) is 21.3. The highest BCUT2D eigenvalue weighted by atomic mass is 35.5. The predicted molar refractivity (Wildman–Crippen MR) is 119 cm³/mol. The zero-order valence-electron chi connectivity index (χ0n) is 15.9. The molecule has 0 saturated carbocycles. The Balaban J connectivity index is 1.81. The van der Waals surface area contributed by atoms with E-state index in [0.29, 0.717) is 32.7 Å². The molecule has 2 amide bonds. The summed E-state index contributed by atoms with van der Waals surface area (Å²) in [4.78, 5) is 27.7. The standard InChI is InChI=1S/C23H16Cl2N2O3/c1-30-19-12-11-16(13-18(19)25)26-21-20(14-7-9-15(24)10-8-14)22(28)27(23(21)29)17-5-3-2-4-6-17/h2-13,26H,1H3. The zero-order valence-corrected chi connectivity index (χ0v) is 17.4. The lowest BCUT2D eigenvalue weighted by atomic mass is 10.0. The molecule has 0 saturated heterocycles. The summed E-state index contributed by atoms with van der Waals surface area (Å²) in [7, 11) is 1.52. The van der Waals surface area contributed by atoms with Gasteiger partial charge in [0, 0.05) is 10.7 Å². The molecule has 1 heterocycles. The molecule has 0 radical (unpaired) electrons. The van der Waals surface area contributed by atoms with Crippen molar-refractivity contribution >= 4 is 52.0 Å². The molecule has 1 N–H and O–H groups in total. The van der Waals surface area contributed by atoms with Crippen molar-refractivity contribution in [3.8, 4) is 5.75 Å². The number of para-hydroxylation sites is 1. The molecule has 0 fully saturated rings. The van der Waals surface area contributed by atoms with Crippen LogP contribution in [0.1, 0.15) is 5.56 Å². The number of hydrogen-bond acceptors (Lipinski definition) is 4. The number of hydrogen-bond donors (Lipinski definition) is 1. The molecule has 0 atom stereocenters. The fourth-order valence-corrected chi connectivity index (χ4v) is 3.61. The second kappa shape index (κ2) is 8.22. The van der Waals surface area contributed by atoms with E-state index in [-0.39, 0.29) is 11.3 Å². The van der Waals surface area contributed by atoms with E-state index >= 15 is 0 Å². The van der Waals surface area contributed by atoms with Gasteiger partial charge in [-0.2, -0.15) is 0 Å². The number of carbonyl (C=O) groups is 2. The Kier molecular flexibility index (Phi) is 5.48. The van der Waals surface area contributed by atoms with E-state index in [1.807, 2.05) is 6.07 Å². The maximum Gasteiger partial charge on any atom is 0.282 e. The molecule has 0 aliphatic carbocycles. The van der Waals surface area contributed by atoms with E-state index in [1.54, 1.807) is 66.7 Å². The van der Waals surface area contributed by atoms with Crippen LogP contribution in [0.5, 0.6) is 5.75 Å². The van der Waals surface area contributed by atoms with Crippen LogP contribution < -0.4 is 15.0 Å². The minimum absolute atomic E-state index is 0.160. The molecule has 30 heavy (non-hydrogen) atoms. The summed E-state index contributed by atoms with van der Waals surface area (Å²) >= 11 is 12.2. The average Bonchev–Trinajstić information content (AvgIpc) is 2.99. The van der Waals surface area contributed by atoms with Crippen molar-refractivity contribution < 1.29 is 14.3 Å². The Morgan fingerprint density at radius 1 is 0.867 bits per heavy atom. The van der Waals surface area contributed by atoms with Gasteiger partial charge in [0.25, 0.3) is 11.8 Å². The highest BCUT2D eigenvalue weighted by Crippen LogP contribution is 2.35. The molecule has 0 spiro atoms. The fraction of sp³-hybridized carbons (Fsp3) is 0.0435. The van der Waals surface area contributed by atoms with Crippen molar-refractivity contribution in [1.82, 2.24) is 0 Å². The minimum Gasteiger partial charge on any atom is -0.495 e. The van der Waals surface area contributed by atoms with Crippen LogP contribution in [-0.4, -0.2) is 18.9 Å². The highest BCUT2D eigenvalue weighted by Gasteiger charge is 2.40. The number of benzene rings is 3. The van der Waals surface area contributed by atoms with Crippen LogP contribution in [0, 0.1) is 0 Å². The summed E-state index contributed by atoms with van der Waals surface area (Å²) < 4.78 is 5.17. The molecule has 0 aromatic heterocycles. The van der Waals surface area contributed by atoms with Gasteiger partial charge in [-0.15, -0.1) is 0 Å². The van der Waals surface area contributed by atoms with Gasteiger partial charge in [-0.1, -0.05) is 53.5 Å². The number of amides is 2. The Bertz CT molecular complexity index is 1160. The van der Waals surface area contributed by atoms with Crippen molar-refractivity contribution in [3.05, 3.63) is 94.1 Å². The third kappa shape index (κ3) is 3.65. The van der Waals surface area contributed by atoms with E-state index < -0.39 is 11.8 Å². The lowest BCUT2D eigenvalue weighted by Gasteiger charge is -2.15. The van der Waals surface area contributed by atoms with Crippen LogP contribution in [0.25, 0.3) is 5.57 Å². The summed E-state index contributed by atoms with van der Waals surface area (Å²) in [6.07, 6.45) is 0. The Morgan fingerprint density at radius 3 is 2.20 bits per heavy atom. The molecule has 0 unspecified atom stereocenters. The SMILES string of the molecule is COc1ccc(NC2=C(c3ccc(Cl)cc3)C(=O)N(c3ccccc3)C2=O)cc1Cl. The average molecular weight is 439 g/mol. The minimum atomic E-state index is -0.455. The molecule has 5 nitrogen and oxygen atoms in total. The van der Waals surface area contributed by atoms with E-state index in [0.717, 1.165) is 4.90 Å². The van der Waals surface area contributed by atoms with Gasteiger partial charge in [0.15, 0.2) is 0 Å². The van der Waals surface area contributed by atoms with Gasteiger partial charge < -0.3 is 10.1 Å². The van der Waals surface area contributed by atoms with E-state index in [2.05, 4.69) is 5.32 Å². The van der Waals surface area contributed by atoms with Crippen LogP contribution >= 0.6 is 23.2 Å². The first kappa shape index (κ1) is 20.0. The molecule has 0 bridgehead atoms. The third-order valence-corrected chi connectivity index (χ3v) is 5.20. The summed E-state index contributed by atoms with van der Waals surface area (Å²) in [5, 5.41) is 3.99. The number of methoxy groups -OCH3 is 1. The molecule has 4 rings (SSSR count). The highest BCUT2D eigenvalue weighted by molar-refractivity contribution is 6.46. The first-order valence-electron chi connectivity index (χ1n) is 9.04. The summed E-state index contributed by atoms with van der Waals surface area (Å²) in [5.74, 6) is -0.368. The van der Waals surface area contributed by atoms with Crippen LogP contribution in [0.4, 0.5) is 11.4 Å². The first-order valence-corrected chi connectivity index (χ1v) is 9.80. The number of halogens is 2. The van der Waals surface area contributed by atoms with Gasteiger partial charge in [-0.3, -0.25) is 9.59 Å². The number of imide groups is 1. The normalized spacial score (nSPS) is 13.8. The van der Waals surface area contributed by atoms with Crippen molar-refractivity contribution in [3.63, 3.8) is 0 Å². The molecule has 1 aliphatic rings. The Labute approximate surface area is 183 Å². The van der Waals surface area contributed by atoms with Crippen LogP contribution in [0.3, 0.4) is 0 Å². The van der Waals surface area contributed by atoms with Crippen molar-refractivity contribution in [2.45, 2.75) is 0 Å². The third-order valence-electron chi connectivity index (χ3n) is 4.65. The van der Waals surface area contributed by atoms with Gasteiger partial charge in [-0.05, 0) is 48.0 Å². The number of anilines is 2. The molecule has 1 aliphatic heterocycles. The Morgan fingerprint density at radius 2 is 1.57 bits per heavy atom. The molecule has 3 aromatic carbocycles. The molecule has 7 heteroatoms. The lowest BCUT2D eigenvalue weighted by molar-refractivity contribution is -0.120. The van der Waals surface area contributed by atoms with E-state index in [4.69, 9.17) is 27.9 Å². The van der Waals surface area contributed by atoms with Crippen LogP contribution in [0.2, 0.25) is 10.0 Å². The van der Waals surface area contributed by atoms with Gasteiger partial charge in [0.05, 0.1) is 23.4 Å². The second-order valence-electron chi connectivity index (χ2n) is 6.51. The number of nitrogens with one attached hydrogen (secondary N) is 1. The number of ether oxygens (including phenoxy) is 1. The maximum absolute atomic E-state index is 13.3. The van der Waals surface area contributed by atoms with Crippen LogP contribution in [-0.2, 0) is 9.59 Å². The van der Waals surface area contributed by atoms with Gasteiger partial charge in [-0.25, -0.2) is 4.90 Å². The van der Waals surface area contributed by atoms with E-state index in [1.165, 1.54) is 7.11 Å². The second-order valence-corrected chi connectivity index (χ2v) is 7.36. The molecular formula is C23H16Cl2N2O3. The number of rotatable bonds is 5. The van der Waals surface area contributed by atoms with Crippen molar-refractivity contribution in [2.24, 2.45) is 0 Å². The van der Waals surface area contributed by atoms with Gasteiger partial charge in [0.1, 0.15) is 11.4 Å². The van der Waals surface area contributed by atoms with E-state index in [9.17, 15) is 9.59 Å². The fourth-order valence-electron chi connectivity index (χ4n) is 3.23. The number of nitrogens with zero attached hydrogens (tertiary/aromatic N) is 1.